The summed E-state index contributed by atoms with van der Waals surface area (Å²) in [6.45, 7) is 6.19. The van der Waals surface area contributed by atoms with E-state index in [0.717, 1.165) is 23.7 Å². The van der Waals surface area contributed by atoms with Crippen molar-refractivity contribution in [1.82, 2.24) is 10.6 Å². The highest BCUT2D eigenvalue weighted by Crippen LogP contribution is 2.34. The highest BCUT2D eigenvalue weighted by molar-refractivity contribution is 8.00. The number of hydrogen-bond donors (Lipinski definition) is 3. The number of hydrogen-bond acceptors (Lipinski definition) is 5. The van der Waals surface area contributed by atoms with Crippen LogP contribution in [0.25, 0.3) is 0 Å². The topological polar surface area (TPSA) is 87.7 Å². The van der Waals surface area contributed by atoms with Gasteiger partial charge in [0.15, 0.2) is 0 Å². The van der Waals surface area contributed by atoms with Gasteiger partial charge in [-0.15, -0.1) is 11.8 Å². The smallest absolute Gasteiger partial charge is 0.331 e. The van der Waals surface area contributed by atoms with Crippen LogP contribution in [0.1, 0.15) is 71.3 Å². The predicted octanol–water partition coefficient (Wildman–Crippen LogP) is 4.67. The number of carbonyl (C=O) groups excluding carboxylic acids is 1. The summed E-state index contributed by atoms with van der Waals surface area (Å²) in [6.07, 6.45) is 8.49. The van der Waals surface area contributed by atoms with Crippen molar-refractivity contribution in [3.63, 3.8) is 0 Å². The maximum atomic E-state index is 12.0. The summed E-state index contributed by atoms with van der Waals surface area (Å²) >= 11 is 1.97. The van der Waals surface area contributed by atoms with Gasteiger partial charge in [-0.2, -0.15) is 0 Å². The first-order valence-electron chi connectivity index (χ1n) is 12.2. The molecular formula is C26H38N2O4S. The Bertz CT molecular complexity index is 816. The van der Waals surface area contributed by atoms with Crippen LogP contribution in [0.3, 0.4) is 0 Å². The maximum Gasteiger partial charge on any atom is 0.331 e. The minimum atomic E-state index is -0.936. The number of amides is 1. The molecule has 0 aromatic heterocycles. The van der Waals surface area contributed by atoms with Crippen molar-refractivity contribution in [2.45, 2.75) is 107 Å². The number of carbonyl (C=O) groups is 2. The van der Waals surface area contributed by atoms with E-state index in [1.165, 1.54) is 37.5 Å². The van der Waals surface area contributed by atoms with Gasteiger partial charge in [-0.05, 0) is 55.9 Å². The predicted molar refractivity (Wildman–Crippen MR) is 132 cm³/mol. The standard InChI is InChI=1S/C26H38N2O4S/c1-4-20(5-2)32-24-15-19(26(30)31)14-23(25(24)28-17(3)29)27-16-18-10-12-22(13-11-18)33-21-8-6-7-9-21/h10-13,15,20-21,23-25,27H,4-9,14,16H2,1-3H3,(H,28,29)(H,30,31)/t23-,24+,25+/m0/s1. The molecule has 0 radical (unpaired) electrons. The highest BCUT2D eigenvalue weighted by atomic mass is 32.2. The first kappa shape index (κ1) is 25.8. The van der Waals surface area contributed by atoms with Gasteiger partial charge < -0.3 is 20.5 Å². The van der Waals surface area contributed by atoms with Gasteiger partial charge in [0.25, 0.3) is 0 Å². The third-order valence-electron chi connectivity index (χ3n) is 6.59. The lowest BCUT2D eigenvalue weighted by atomic mass is 9.87. The molecule has 6 nitrogen and oxygen atoms in total. The van der Waals surface area contributed by atoms with E-state index in [1.54, 1.807) is 6.08 Å². The summed E-state index contributed by atoms with van der Waals surface area (Å²) in [7, 11) is 0. The van der Waals surface area contributed by atoms with Crippen molar-refractivity contribution in [2.24, 2.45) is 0 Å². The number of thioether (sulfide) groups is 1. The molecule has 1 amide bonds. The zero-order valence-electron chi connectivity index (χ0n) is 20.0. The Hall–Kier alpha value is -1.83. The molecule has 2 aliphatic carbocycles. The van der Waals surface area contributed by atoms with Gasteiger partial charge in [-0.3, -0.25) is 4.79 Å². The van der Waals surface area contributed by atoms with Gasteiger partial charge in [-0.25, -0.2) is 4.79 Å². The number of carboxylic acid groups (broad SMARTS) is 1. The number of benzene rings is 1. The number of nitrogens with one attached hydrogen (secondary N) is 2. The first-order valence-corrected chi connectivity index (χ1v) is 13.1. The molecule has 0 heterocycles. The lowest BCUT2D eigenvalue weighted by Gasteiger charge is -2.38. The van der Waals surface area contributed by atoms with Crippen LogP contribution < -0.4 is 10.6 Å². The molecule has 182 valence electrons. The van der Waals surface area contributed by atoms with E-state index < -0.39 is 12.1 Å². The van der Waals surface area contributed by atoms with Gasteiger partial charge >= 0.3 is 5.97 Å². The molecule has 0 unspecified atom stereocenters. The number of carboxylic acids is 1. The van der Waals surface area contributed by atoms with Crippen molar-refractivity contribution in [3.8, 4) is 0 Å². The second kappa shape index (κ2) is 12.6. The molecule has 1 fully saturated rings. The van der Waals surface area contributed by atoms with Gasteiger partial charge in [0, 0.05) is 35.2 Å². The monoisotopic (exact) mass is 474 g/mol. The fourth-order valence-electron chi connectivity index (χ4n) is 4.70. The zero-order chi connectivity index (χ0) is 23.8. The largest absolute Gasteiger partial charge is 0.478 e. The Balaban J connectivity index is 1.69. The minimum absolute atomic E-state index is 0.0150. The van der Waals surface area contributed by atoms with Crippen molar-refractivity contribution in [1.29, 1.82) is 0 Å². The molecule has 3 atom stereocenters. The van der Waals surface area contributed by atoms with Crippen LogP contribution in [-0.4, -0.2) is 46.5 Å². The van der Waals surface area contributed by atoms with Crippen LogP contribution in [-0.2, 0) is 20.9 Å². The fraction of sp³-hybridized carbons (Fsp3) is 0.615. The maximum absolute atomic E-state index is 12.0. The zero-order valence-corrected chi connectivity index (χ0v) is 20.8. The Labute approximate surface area is 201 Å². The molecule has 3 rings (SSSR count). The molecule has 0 spiro atoms. The van der Waals surface area contributed by atoms with Crippen molar-refractivity contribution >= 4 is 23.6 Å². The van der Waals surface area contributed by atoms with Crippen LogP contribution in [0, 0.1) is 0 Å². The Morgan fingerprint density at radius 1 is 1.15 bits per heavy atom. The molecule has 0 aliphatic heterocycles. The van der Waals surface area contributed by atoms with Crippen molar-refractivity contribution in [3.05, 3.63) is 41.5 Å². The van der Waals surface area contributed by atoms with Gasteiger partial charge in [-0.1, -0.05) is 38.8 Å². The quantitative estimate of drug-likeness (QED) is 0.432. The second-order valence-electron chi connectivity index (χ2n) is 9.12. The lowest BCUT2D eigenvalue weighted by Crippen LogP contribution is -2.58. The van der Waals surface area contributed by atoms with Gasteiger partial charge in [0.05, 0.1) is 18.2 Å². The normalized spacial score (nSPS) is 23.5. The molecule has 33 heavy (non-hydrogen) atoms. The molecule has 0 bridgehead atoms. The fourth-order valence-corrected chi connectivity index (χ4v) is 5.95. The Kier molecular flexibility index (Phi) is 9.83. The van der Waals surface area contributed by atoms with E-state index in [4.69, 9.17) is 4.74 Å². The molecule has 3 N–H and O–H groups in total. The number of aliphatic carboxylic acids is 1. The number of ether oxygens (including phenoxy) is 1. The van der Waals surface area contributed by atoms with Crippen molar-refractivity contribution in [2.75, 3.05) is 0 Å². The van der Waals surface area contributed by atoms with E-state index in [0.29, 0.717) is 18.5 Å². The molecule has 1 aromatic rings. The minimum Gasteiger partial charge on any atom is -0.478 e. The summed E-state index contributed by atoms with van der Waals surface area (Å²) < 4.78 is 6.25. The van der Waals surface area contributed by atoms with Gasteiger partial charge in [0.2, 0.25) is 5.91 Å². The van der Waals surface area contributed by atoms with E-state index in [9.17, 15) is 14.7 Å². The summed E-state index contributed by atoms with van der Waals surface area (Å²) in [6, 6.07) is 8.04. The average molecular weight is 475 g/mol. The molecule has 1 saturated carbocycles. The Morgan fingerprint density at radius 2 is 1.82 bits per heavy atom. The molecule has 7 heteroatoms. The van der Waals surface area contributed by atoms with Gasteiger partial charge in [0.1, 0.15) is 0 Å². The average Bonchev–Trinajstić information content (AvgIpc) is 3.30. The number of rotatable bonds is 11. The molecule has 0 saturated heterocycles. The van der Waals surface area contributed by atoms with Crippen LogP contribution in [0.2, 0.25) is 0 Å². The van der Waals surface area contributed by atoms with E-state index in [-0.39, 0.29) is 24.1 Å². The second-order valence-corrected chi connectivity index (χ2v) is 10.5. The highest BCUT2D eigenvalue weighted by Gasteiger charge is 2.37. The first-order chi connectivity index (χ1) is 15.9. The molecule has 2 aliphatic rings. The van der Waals surface area contributed by atoms with Crippen LogP contribution in [0.15, 0.2) is 40.8 Å². The van der Waals surface area contributed by atoms with E-state index in [1.807, 2.05) is 11.8 Å². The third kappa shape index (κ3) is 7.59. The van der Waals surface area contributed by atoms with Crippen molar-refractivity contribution < 1.29 is 19.4 Å². The Morgan fingerprint density at radius 3 is 2.39 bits per heavy atom. The third-order valence-corrected chi connectivity index (χ3v) is 7.94. The summed E-state index contributed by atoms with van der Waals surface area (Å²) in [5.74, 6) is -1.08. The van der Waals surface area contributed by atoms with Crippen LogP contribution in [0.4, 0.5) is 0 Å². The van der Waals surface area contributed by atoms with Crippen LogP contribution >= 0.6 is 11.8 Å². The summed E-state index contributed by atoms with van der Waals surface area (Å²) in [5, 5.41) is 16.9. The lowest BCUT2D eigenvalue weighted by molar-refractivity contribution is -0.133. The summed E-state index contributed by atoms with van der Waals surface area (Å²) in [4.78, 5) is 25.1. The van der Waals surface area contributed by atoms with Crippen LogP contribution in [0.5, 0.6) is 0 Å². The molecular weight excluding hydrogens is 436 g/mol. The SMILES string of the molecule is CCC(CC)O[C@@H]1C=C(C(=O)O)C[C@H](NCc2ccc(SC3CCCC3)cc2)[C@H]1NC(C)=O. The van der Waals surface area contributed by atoms with E-state index >= 15 is 0 Å². The molecule has 1 aromatic carbocycles. The summed E-state index contributed by atoms with van der Waals surface area (Å²) in [5.41, 5.74) is 1.46. The van der Waals surface area contributed by atoms with E-state index in [2.05, 4.69) is 48.7 Å².